The lowest BCUT2D eigenvalue weighted by atomic mass is 10.2. The van der Waals surface area contributed by atoms with E-state index in [1.807, 2.05) is 30.3 Å². The summed E-state index contributed by atoms with van der Waals surface area (Å²) in [6, 6.07) is 11.3. The fourth-order valence-corrected chi connectivity index (χ4v) is 2.92. The van der Waals surface area contributed by atoms with E-state index in [0.717, 1.165) is 22.4 Å². The van der Waals surface area contributed by atoms with Crippen LogP contribution in [0.15, 0.2) is 53.5 Å². The van der Waals surface area contributed by atoms with Crippen LogP contribution in [-0.2, 0) is 17.5 Å². The Morgan fingerprint density at radius 1 is 0.962 bits per heavy atom. The predicted octanol–water partition coefficient (Wildman–Crippen LogP) is 2.22. The quantitative estimate of drug-likeness (QED) is 0.838. The molecule has 0 bridgehead atoms. The molecule has 0 aliphatic carbocycles. The number of hydrogen-bond donors (Lipinski definition) is 0. The second-order valence-electron chi connectivity index (χ2n) is 6.09. The molecule has 138 valence electrons. The number of benzene rings is 1. The van der Waals surface area contributed by atoms with Gasteiger partial charge in [-0.05, 0) is 18.2 Å². The highest BCUT2D eigenvalue weighted by Crippen LogP contribution is 2.28. The standard InChI is InChI=1S/C18H18F3N3O2/c19-18(20,21)14-6-7-16(25)24(12-14)13-17(26)23-10-8-22(9-11-23)15-4-2-1-3-5-15/h1-7,12H,8-11,13H2. The Labute approximate surface area is 148 Å². The van der Waals surface area contributed by atoms with E-state index in [9.17, 15) is 22.8 Å². The smallest absolute Gasteiger partial charge is 0.368 e. The van der Waals surface area contributed by atoms with Crippen molar-refractivity contribution in [3.8, 4) is 0 Å². The van der Waals surface area contributed by atoms with Crippen molar-refractivity contribution in [3.63, 3.8) is 0 Å². The molecule has 0 unspecified atom stereocenters. The van der Waals surface area contributed by atoms with E-state index in [-0.39, 0.29) is 5.91 Å². The van der Waals surface area contributed by atoms with Crippen LogP contribution in [0.3, 0.4) is 0 Å². The van der Waals surface area contributed by atoms with Crippen LogP contribution in [-0.4, -0.2) is 41.6 Å². The first-order valence-electron chi connectivity index (χ1n) is 8.20. The lowest BCUT2D eigenvalue weighted by Gasteiger charge is -2.36. The lowest BCUT2D eigenvalue weighted by molar-refractivity contribution is -0.138. The number of aromatic nitrogens is 1. The molecule has 1 aliphatic heterocycles. The number of carbonyl (C=O) groups excluding carboxylic acids is 1. The van der Waals surface area contributed by atoms with Gasteiger partial charge in [-0.3, -0.25) is 9.59 Å². The maximum Gasteiger partial charge on any atom is 0.417 e. The number of carbonyl (C=O) groups is 1. The van der Waals surface area contributed by atoms with Crippen molar-refractivity contribution >= 4 is 11.6 Å². The summed E-state index contributed by atoms with van der Waals surface area (Å²) >= 11 is 0. The van der Waals surface area contributed by atoms with Gasteiger partial charge in [-0.1, -0.05) is 18.2 Å². The maximum atomic E-state index is 12.8. The zero-order valence-corrected chi connectivity index (χ0v) is 13.9. The van der Waals surface area contributed by atoms with Crippen LogP contribution < -0.4 is 10.5 Å². The van der Waals surface area contributed by atoms with E-state index in [1.165, 1.54) is 0 Å². The van der Waals surface area contributed by atoms with Gasteiger partial charge in [0.2, 0.25) is 5.91 Å². The number of nitrogens with zero attached hydrogens (tertiary/aromatic N) is 3. The van der Waals surface area contributed by atoms with Gasteiger partial charge in [0, 0.05) is 44.1 Å². The Kier molecular flexibility index (Phi) is 5.01. The van der Waals surface area contributed by atoms with Crippen LogP contribution in [0, 0.1) is 0 Å². The van der Waals surface area contributed by atoms with Crippen molar-refractivity contribution in [2.24, 2.45) is 0 Å². The van der Waals surface area contributed by atoms with E-state index in [2.05, 4.69) is 4.90 Å². The predicted molar refractivity (Wildman–Crippen MR) is 90.9 cm³/mol. The van der Waals surface area contributed by atoms with Gasteiger partial charge < -0.3 is 14.4 Å². The van der Waals surface area contributed by atoms with Crippen LogP contribution in [0.25, 0.3) is 0 Å². The van der Waals surface area contributed by atoms with Crippen molar-refractivity contribution in [2.75, 3.05) is 31.1 Å². The van der Waals surface area contributed by atoms with Crippen LogP contribution >= 0.6 is 0 Å². The molecule has 0 saturated carbocycles. The molecule has 3 rings (SSSR count). The van der Waals surface area contributed by atoms with Crippen molar-refractivity contribution in [2.45, 2.75) is 12.7 Å². The molecule has 26 heavy (non-hydrogen) atoms. The van der Waals surface area contributed by atoms with Gasteiger partial charge in [-0.2, -0.15) is 13.2 Å². The Hall–Kier alpha value is -2.77. The number of pyridine rings is 1. The molecule has 0 N–H and O–H groups in total. The monoisotopic (exact) mass is 365 g/mol. The van der Waals surface area contributed by atoms with Crippen molar-refractivity contribution in [3.05, 3.63) is 64.6 Å². The zero-order valence-electron chi connectivity index (χ0n) is 13.9. The van der Waals surface area contributed by atoms with E-state index in [1.54, 1.807) is 4.90 Å². The molecule has 0 spiro atoms. The average molecular weight is 365 g/mol. The number of halogens is 3. The van der Waals surface area contributed by atoms with Crippen LogP contribution in [0.4, 0.5) is 18.9 Å². The minimum atomic E-state index is -4.56. The van der Waals surface area contributed by atoms with Crippen LogP contribution in [0.1, 0.15) is 5.56 Å². The Morgan fingerprint density at radius 2 is 1.62 bits per heavy atom. The number of alkyl halides is 3. The summed E-state index contributed by atoms with van der Waals surface area (Å²) in [4.78, 5) is 27.9. The highest BCUT2D eigenvalue weighted by atomic mass is 19.4. The van der Waals surface area contributed by atoms with Gasteiger partial charge >= 0.3 is 6.18 Å². The van der Waals surface area contributed by atoms with E-state index < -0.39 is 23.8 Å². The molecule has 1 aromatic carbocycles. The topological polar surface area (TPSA) is 45.6 Å². The van der Waals surface area contributed by atoms with Crippen LogP contribution in [0.5, 0.6) is 0 Å². The van der Waals surface area contributed by atoms with Gasteiger partial charge in [-0.25, -0.2) is 0 Å². The second kappa shape index (κ2) is 7.23. The average Bonchev–Trinajstić information content (AvgIpc) is 2.63. The molecular weight excluding hydrogens is 347 g/mol. The van der Waals surface area contributed by atoms with Crippen LogP contribution in [0.2, 0.25) is 0 Å². The number of para-hydroxylation sites is 1. The molecule has 1 fully saturated rings. The van der Waals surface area contributed by atoms with Gasteiger partial charge in [-0.15, -0.1) is 0 Å². The third-order valence-corrected chi connectivity index (χ3v) is 4.37. The Bertz CT molecular complexity index is 826. The largest absolute Gasteiger partial charge is 0.417 e. The minimum Gasteiger partial charge on any atom is -0.368 e. The van der Waals surface area contributed by atoms with Crippen molar-refractivity contribution in [1.82, 2.24) is 9.47 Å². The van der Waals surface area contributed by atoms with E-state index in [4.69, 9.17) is 0 Å². The Morgan fingerprint density at radius 3 is 2.23 bits per heavy atom. The third kappa shape index (κ3) is 4.07. The molecule has 1 aromatic heterocycles. The summed E-state index contributed by atoms with van der Waals surface area (Å²) in [5, 5.41) is 0. The van der Waals surface area contributed by atoms with E-state index in [0.29, 0.717) is 32.4 Å². The third-order valence-electron chi connectivity index (χ3n) is 4.37. The zero-order chi connectivity index (χ0) is 18.7. The molecule has 1 amide bonds. The SMILES string of the molecule is O=C(Cn1cc(C(F)(F)F)ccc1=O)N1CCN(c2ccccc2)CC1. The normalized spacial score (nSPS) is 15.2. The first kappa shape index (κ1) is 18.0. The highest BCUT2D eigenvalue weighted by molar-refractivity contribution is 5.76. The van der Waals surface area contributed by atoms with Gasteiger partial charge in [0.25, 0.3) is 5.56 Å². The summed E-state index contributed by atoms with van der Waals surface area (Å²) in [6.45, 7) is 1.79. The molecule has 8 heteroatoms. The first-order chi connectivity index (χ1) is 12.3. The van der Waals surface area contributed by atoms with Gasteiger partial charge in [0.05, 0.1) is 5.56 Å². The van der Waals surface area contributed by atoms with Crippen molar-refractivity contribution < 1.29 is 18.0 Å². The summed E-state index contributed by atoms with van der Waals surface area (Å²) in [6.07, 6.45) is -3.86. The molecule has 2 heterocycles. The first-order valence-corrected chi connectivity index (χ1v) is 8.20. The molecular formula is C18H18F3N3O2. The summed E-state index contributed by atoms with van der Waals surface area (Å²) < 4.78 is 39.2. The molecule has 5 nitrogen and oxygen atoms in total. The molecule has 1 aliphatic rings. The maximum absolute atomic E-state index is 12.8. The number of amides is 1. The van der Waals surface area contributed by atoms with Crippen molar-refractivity contribution in [1.29, 1.82) is 0 Å². The number of piperazine rings is 1. The van der Waals surface area contributed by atoms with Gasteiger partial charge in [0.1, 0.15) is 6.54 Å². The second-order valence-corrected chi connectivity index (χ2v) is 6.09. The summed E-state index contributed by atoms with van der Waals surface area (Å²) in [7, 11) is 0. The van der Waals surface area contributed by atoms with Gasteiger partial charge in [0.15, 0.2) is 0 Å². The molecule has 2 aromatic rings. The summed E-state index contributed by atoms with van der Waals surface area (Å²) in [5.41, 5.74) is -0.512. The number of hydrogen-bond acceptors (Lipinski definition) is 3. The Balaban J connectivity index is 1.64. The highest BCUT2D eigenvalue weighted by Gasteiger charge is 2.31. The number of anilines is 1. The molecule has 1 saturated heterocycles. The summed E-state index contributed by atoms with van der Waals surface area (Å²) in [5.74, 6) is -0.362. The fourth-order valence-electron chi connectivity index (χ4n) is 2.92. The lowest BCUT2D eigenvalue weighted by Crippen LogP contribution is -2.50. The fraction of sp³-hybridized carbons (Fsp3) is 0.333. The molecule has 0 atom stereocenters. The minimum absolute atomic E-state index is 0.362. The molecule has 0 radical (unpaired) electrons. The number of rotatable bonds is 3. The van der Waals surface area contributed by atoms with E-state index >= 15 is 0 Å².